The number of nitrogens with one attached hydrogen (secondary N) is 1. The van der Waals surface area contributed by atoms with Crippen LogP contribution in [0.3, 0.4) is 0 Å². The molecule has 1 amide bonds. The Morgan fingerprint density at radius 3 is 1.71 bits per heavy atom. The number of allylic oxidation sites excluding steroid dienone is 1. The average Bonchev–Trinajstić information content (AvgIpc) is 3.21. The van der Waals surface area contributed by atoms with Gasteiger partial charge in [0.1, 0.15) is 36.7 Å². The van der Waals surface area contributed by atoms with Crippen molar-refractivity contribution in [3.63, 3.8) is 0 Å². The Kier molecular flexibility index (Phi) is 19.2. The number of hydrogen-bond donors (Lipinski definition) is 1. The van der Waals surface area contributed by atoms with E-state index in [-0.39, 0.29) is 24.3 Å². The quantitative estimate of drug-likeness (QED) is 0.0266. The number of alkyl halides is 17. The zero-order valence-corrected chi connectivity index (χ0v) is 37.2. The fourth-order valence-corrected chi connectivity index (χ4v) is 11.0. The van der Waals surface area contributed by atoms with E-state index in [1.807, 2.05) is 0 Å². The summed E-state index contributed by atoms with van der Waals surface area (Å²) in [5.41, 5.74) is -2.01. The molecule has 2 atom stereocenters. The number of halogens is 19. The first-order valence-corrected chi connectivity index (χ1v) is 22.0. The molecule has 0 heterocycles. The highest BCUT2D eigenvalue weighted by atomic mass is 28.4. The zero-order valence-electron chi connectivity index (χ0n) is 36.2. The Balaban J connectivity index is 2.31. The highest BCUT2D eigenvalue weighted by molar-refractivity contribution is 6.76. The van der Waals surface area contributed by atoms with Crippen molar-refractivity contribution in [1.29, 1.82) is 0 Å². The van der Waals surface area contributed by atoms with Gasteiger partial charge >= 0.3 is 59.7 Å². The van der Waals surface area contributed by atoms with Gasteiger partial charge in [-0.1, -0.05) is 65.5 Å². The van der Waals surface area contributed by atoms with Crippen LogP contribution in [0.15, 0.2) is 67.3 Å². The van der Waals surface area contributed by atoms with E-state index in [9.17, 15) is 84.2 Å². The summed E-state index contributed by atoms with van der Waals surface area (Å²) in [5.74, 6) is -60.4. The SMILES string of the molecule is C=CCOC(=O)/C=C/C[C@@H](C)[C@@H](OC(=O)Nc1ccc(F)cc1F)c1ccc(OCCO[Si](CCC(F)(F)C(F)(F)C(F)(F)C(F)(F)C(F)(F)C(F)(F)C(F)(F)C(F)(F)F)(C(C)C)C(C)C)cc1. The van der Waals surface area contributed by atoms with E-state index in [1.54, 1.807) is 6.92 Å². The predicted molar refractivity (Wildman–Crippen MR) is 207 cm³/mol. The molecule has 0 fully saturated rings. The number of ether oxygens (including phenoxy) is 3. The monoisotopic (exact) mass is 1040 g/mol. The fraction of sp³-hybridized carbons (Fsp3) is 0.561. The Hall–Kier alpha value is -4.69. The molecular formula is C41H44F19NO6Si. The van der Waals surface area contributed by atoms with Crippen LogP contribution in [0.2, 0.25) is 17.1 Å². The predicted octanol–water partition coefficient (Wildman–Crippen LogP) is 14.1. The van der Waals surface area contributed by atoms with Gasteiger partial charge in [-0.05, 0) is 53.4 Å². The molecule has 1 N–H and O–H groups in total. The van der Waals surface area contributed by atoms with Crippen molar-refractivity contribution in [1.82, 2.24) is 0 Å². The third-order valence-electron chi connectivity index (χ3n) is 10.5. The van der Waals surface area contributed by atoms with Crippen LogP contribution in [0, 0.1) is 17.6 Å². The van der Waals surface area contributed by atoms with Crippen molar-refractivity contribution in [2.75, 3.05) is 25.1 Å². The number of amides is 1. The second-order valence-electron chi connectivity index (χ2n) is 15.8. The highest BCUT2D eigenvalue weighted by Crippen LogP contribution is 2.64. The third-order valence-corrected chi connectivity index (χ3v) is 16.2. The maximum atomic E-state index is 15.0. The number of carbonyl (C=O) groups excluding carboxylic acids is 2. The van der Waals surface area contributed by atoms with Crippen LogP contribution in [0.25, 0.3) is 0 Å². The summed E-state index contributed by atoms with van der Waals surface area (Å²) < 4.78 is 285. The first-order chi connectivity index (χ1) is 30.8. The molecule has 0 aliphatic heterocycles. The van der Waals surface area contributed by atoms with Crippen molar-refractivity contribution in [3.8, 4) is 5.75 Å². The first-order valence-electron chi connectivity index (χ1n) is 19.8. The van der Waals surface area contributed by atoms with E-state index in [1.165, 1.54) is 64.1 Å². The van der Waals surface area contributed by atoms with Gasteiger partial charge in [0, 0.05) is 24.5 Å². The minimum atomic E-state index is -8.72. The molecule has 2 aromatic rings. The lowest BCUT2D eigenvalue weighted by Gasteiger charge is -2.44. The van der Waals surface area contributed by atoms with E-state index in [0.29, 0.717) is 6.07 Å². The number of benzene rings is 2. The molecule has 7 nitrogen and oxygen atoms in total. The molecule has 0 radical (unpaired) electrons. The minimum absolute atomic E-state index is 0.0394. The third kappa shape index (κ3) is 12.4. The summed E-state index contributed by atoms with van der Waals surface area (Å²) in [4.78, 5) is 24.7. The van der Waals surface area contributed by atoms with Crippen LogP contribution in [0.5, 0.6) is 5.75 Å². The molecule has 0 aromatic heterocycles. The van der Waals surface area contributed by atoms with Crippen molar-refractivity contribution >= 4 is 26.1 Å². The molecule has 0 saturated carbocycles. The van der Waals surface area contributed by atoms with Gasteiger partial charge in [0.15, 0.2) is 8.32 Å². The molecule has 2 rings (SSSR count). The maximum absolute atomic E-state index is 15.0. The number of rotatable bonds is 25. The van der Waals surface area contributed by atoms with E-state index in [0.717, 1.165) is 18.2 Å². The topological polar surface area (TPSA) is 83.1 Å². The Bertz CT molecular complexity index is 2040. The van der Waals surface area contributed by atoms with Gasteiger partial charge < -0.3 is 18.6 Å². The van der Waals surface area contributed by atoms with Crippen LogP contribution >= 0.6 is 0 Å². The standard InChI is InChI=1S/C41H44F19NO6Si/c1-7-18-65-31(62)10-8-9-25(6)32(67-33(63)61-30-16-13-27(42)22-29(30)43)26-11-14-28(15-12-26)64-19-20-66-68(23(2)3,24(4)5)21-17-34(44,45)35(46,47)36(48,49)37(50,51)38(52,53)39(54,55)40(56,57)41(58,59)60/h7-8,10-16,22-25,32H,1,9,17-21H2,2-6H3,(H,61,63)/b10-8+/t25-,32-/m1/s1. The van der Waals surface area contributed by atoms with Gasteiger partial charge in [-0.2, -0.15) is 74.6 Å². The summed E-state index contributed by atoms with van der Waals surface area (Å²) in [5, 5.41) is 2.13. The second kappa shape index (κ2) is 21.9. The molecule has 0 bridgehead atoms. The van der Waals surface area contributed by atoms with Crippen molar-refractivity contribution < 1.29 is 112 Å². The summed E-state index contributed by atoms with van der Waals surface area (Å²) in [6.07, 6.45) is -8.87. The maximum Gasteiger partial charge on any atom is 0.460 e. The van der Waals surface area contributed by atoms with E-state index in [2.05, 4.69) is 11.9 Å². The Labute approximate surface area is 377 Å². The lowest BCUT2D eigenvalue weighted by atomic mass is 9.88. The molecule has 0 saturated heterocycles. The van der Waals surface area contributed by atoms with Crippen molar-refractivity contribution in [2.45, 2.75) is 118 Å². The number of carbonyl (C=O) groups is 2. The van der Waals surface area contributed by atoms with Gasteiger partial charge in [0.25, 0.3) is 0 Å². The summed E-state index contributed by atoms with van der Waals surface area (Å²) in [6.45, 7) is 9.00. The number of anilines is 1. The van der Waals surface area contributed by atoms with E-state index in [4.69, 9.17) is 18.6 Å². The van der Waals surface area contributed by atoms with Gasteiger partial charge in [-0.3, -0.25) is 5.32 Å². The minimum Gasteiger partial charge on any atom is -0.491 e. The molecule has 0 aliphatic carbocycles. The normalized spacial score (nSPS) is 14.9. The van der Waals surface area contributed by atoms with Crippen LogP contribution in [0.1, 0.15) is 59.1 Å². The van der Waals surface area contributed by atoms with Crippen LogP contribution in [-0.4, -0.2) is 87.8 Å². The molecule has 0 aliphatic rings. The molecule has 2 aromatic carbocycles. The average molecular weight is 1040 g/mol. The number of esters is 1. The molecule has 0 unspecified atom stereocenters. The van der Waals surface area contributed by atoms with E-state index >= 15 is 8.78 Å². The highest BCUT2D eigenvalue weighted by Gasteiger charge is 2.95. The summed E-state index contributed by atoms with van der Waals surface area (Å²) >= 11 is 0. The van der Waals surface area contributed by atoms with Crippen molar-refractivity contribution in [2.24, 2.45) is 5.92 Å². The number of hydrogen-bond acceptors (Lipinski definition) is 6. The van der Waals surface area contributed by atoms with Crippen LogP contribution < -0.4 is 10.1 Å². The van der Waals surface area contributed by atoms with Crippen molar-refractivity contribution in [3.05, 3.63) is 84.5 Å². The summed E-state index contributed by atoms with van der Waals surface area (Å²) in [6, 6.07) is 6.32. The molecule has 386 valence electrons. The lowest BCUT2D eigenvalue weighted by Crippen LogP contribution is -2.74. The fourth-order valence-electron chi connectivity index (χ4n) is 6.55. The molecule has 68 heavy (non-hydrogen) atoms. The zero-order chi connectivity index (χ0) is 52.7. The van der Waals surface area contributed by atoms with Gasteiger partial charge in [0.2, 0.25) is 0 Å². The second-order valence-corrected chi connectivity index (χ2v) is 20.8. The molecule has 0 spiro atoms. The molecular weight excluding hydrogens is 992 g/mol. The summed E-state index contributed by atoms with van der Waals surface area (Å²) in [7, 11) is -4.06. The Morgan fingerprint density at radius 2 is 1.22 bits per heavy atom. The lowest BCUT2D eigenvalue weighted by molar-refractivity contribution is -0.461. The van der Waals surface area contributed by atoms with Crippen LogP contribution in [-0.2, 0) is 18.7 Å². The van der Waals surface area contributed by atoms with Crippen LogP contribution in [0.4, 0.5) is 93.9 Å². The smallest absolute Gasteiger partial charge is 0.460 e. The Morgan fingerprint density at radius 1 is 0.706 bits per heavy atom. The van der Waals surface area contributed by atoms with Gasteiger partial charge in [-0.15, -0.1) is 0 Å². The van der Waals surface area contributed by atoms with E-state index < -0.39 is 134 Å². The molecule has 27 heteroatoms. The first kappa shape index (κ1) is 59.4. The van der Waals surface area contributed by atoms with Gasteiger partial charge in [-0.25, -0.2) is 18.4 Å². The van der Waals surface area contributed by atoms with Gasteiger partial charge in [0.05, 0.1) is 12.3 Å². The largest absolute Gasteiger partial charge is 0.491 e.